The summed E-state index contributed by atoms with van der Waals surface area (Å²) in [5, 5.41) is 12.0. The van der Waals surface area contributed by atoms with E-state index in [9.17, 15) is 23.5 Å². The van der Waals surface area contributed by atoms with Crippen LogP contribution in [0.1, 0.15) is 38.3 Å². The third-order valence-corrected chi connectivity index (χ3v) is 4.49. The van der Waals surface area contributed by atoms with E-state index in [0.717, 1.165) is 0 Å². The summed E-state index contributed by atoms with van der Waals surface area (Å²) in [6.07, 6.45) is 0.844. The van der Waals surface area contributed by atoms with Crippen molar-refractivity contribution in [3.8, 4) is 5.75 Å². The van der Waals surface area contributed by atoms with Gasteiger partial charge >= 0.3 is 18.6 Å². The molecule has 0 bridgehead atoms. The van der Waals surface area contributed by atoms with Crippen LogP contribution in [0.25, 0.3) is 0 Å². The lowest BCUT2D eigenvalue weighted by Crippen LogP contribution is -2.42. The molecule has 2 rings (SSSR count). The molecular weight excluding hydrogens is 334 g/mol. The Morgan fingerprint density at radius 2 is 2.08 bits per heavy atom. The minimum atomic E-state index is -2.95. The maximum atomic E-state index is 12.6. The van der Waals surface area contributed by atoms with Crippen molar-refractivity contribution >= 4 is 12.0 Å². The molecule has 0 radical (unpaired) electrons. The summed E-state index contributed by atoms with van der Waals surface area (Å²) in [7, 11) is 0. The average Bonchev–Trinajstić information content (AvgIpc) is 2.97. The first-order valence-corrected chi connectivity index (χ1v) is 8.09. The number of carbonyl (C=O) groups excluding carboxylic acids is 1. The van der Waals surface area contributed by atoms with Crippen LogP contribution in [0.5, 0.6) is 5.75 Å². The molecule has 1 aromatic carbocycles. The number of aliphatic carboxylic acids is 1. The molecule has 1 heterocycles. The number of amides is 2. The number of nitrogens with zero attached hydrogens (tertiary/aromatic N) is 1. The second kappa shape index (κ2) is 7.67. The lowest BCUT2D eigenvalue weighted by atomic mass is 9.90. The van der Waals surface area contributed by atoms with Crippen LogP contribution in [0, 0.1) is 5.41 Å². The summed E-state index contributed by atoms with van der Waals surface area (Å²) in [6.45, 7) is 0.908. The molecule has 0 spiro atoms. The first-order valence-electron chi connectivity index (χ1n) is 8.09. The van der Waals surface area contributed by atoms with E-state index < -0.39 is 30.1 Å². The number of benzene rings is 1. The third-order valence-electron chi connectivity index (χ3n) is 4.49. The van der Waals surface area contributed by atoms with E-state index in [1.807, 2.05) is 6.92 Å². The summed E-state index contributed by atoms with van der Waals surface area (Å²) in [5.41, 5.74) is -0.505. The van der Waals surface area contributed by atoms with E-state index in [1.165, 1.54) is 11.0 Å². The molecule has 2 unspecified atom stereocenters. The number of urea groups is 1. The Kier molecular flexibility index (Phi) is 5.81. The van der Waals surface area contributed by atoms with E-state index in [1.54, 1.807) is 25.1 Å². The average molecular weight is 356 g/mol. The Labute approximate surface area is 144 Å². The van der Waals surface area contributed by atoms with Gasteiger partial charge in [-0.1, -0.05) is 25.1 Å². The highest BCUT2D eigenvalue weighted by Crippen LogP contribution is 2.32. The molecule has 2 atom stereocenters. The molecular formula is C17H22F2N2O4. The number of carboxylic acid groups (broad SMARTS) is 1. The fourth-order valence-corrected chi connectivity index (χ4v) is 2.92. The number of hydrogen-bond acceptors (Lipinski definition) is 3. The second-order valence-electron chi connectivity index (χ2n) is 6.36. The highest BCUT2D eigenvalue weighted by molar-refractivity contribution is 5.79. The first-order chi connectivity index (χ1) is 11.8. The molecule has 2 N–H and O–H groups in total. The summed E-state index contributed by atoms with van der Waals surface area (Å²) >= 11 is 0. The van der Waals surface area contributed by atoms with Crippen molar-refractivity contribution in [2.45, 2.75) is 39.3 Å². The molecule has 1 fully saturated rings. The topological polar surface area (TPSA) is 78.9 Å². The first kappa shape index (κ1) is 19.0. The van der Waals surface area contributed by atoms with Gasteiger partial charge in [-0.05, 0) is 25.8 Å². The number of halogens is 2. The van der Waals surface area contributed by atoms with Gasteiger partial charge in [-0.2, -0.15) is 8.78 Å². The van der Waals surface area contributed by atoms with Crippen LogP contribution in [-0.4, -0.2) is 41.7 Å². The Bertz CT molecular complexity index is 641. The van der Waals surface area contributed by atoms with Gasteiger partial charge in [0.05, 0.1) is 11.5 Å². The number of para-hydroxylation sites is 1. The van der Waals surface area contributed by atoms with E-state index in [0.29, 0.717) is 24.9 Å². The second-order valence-corrected chi connectivity index (χ2v) is 6.36. The molecule has 2 amide bonds. The zero-order valence-corrected chi connectivity index (χ0v) is 14.2. The predicted octanol–water partition coefficient (Wildman–Crippen LogP) is 3.25. The fraction of sp³-hybridized carbons (Fsp3) is 0.529. The molecule has 138 valence electrons. The maximum Gasteiger partial charge on any atom is 0.387 e. The van der Waals surface area contributed by atoms with Crippen LogP contribution in [-0.2, 0) is 4.79 Å². The van der Waals surface area contributed by atoms with Crippen LogP contribution in [0.3, 0.4) is 0 Å². The van der Waals surface area contributed by atoms with Gasteiger partial charge in [0, 0.05) is 18.7 Å². The SMILES string of the molecule is CCC(NC(=O)N1CCC(C)(C(=O)O)C1)c1ccccc1OC(F)F. The lowest BCUT2D eigenvalue weighted by molar-refractivity contribution is -0.147. The molecule has 6 nitrogen and oxygen atoms in total. The van der Waals surface area contributed by atoms with E-state index in [2.05, 4.69) is 10.1 Å². The normalized spacial score (nSPS) is 21.2. The van der Waals surface area contributed by atoms with Crippen molar-refractivity contribution in [2.24, 2.45) is 5.41 Å². The summed E-state index contributed by atoms with van der Waals surface area (Å²) in [5.74, 6) is -0.924. The van der Waals surface area contributed by atoms with Crippen LogP contribution in [0.4, 0.5) is 13.6 Å². The lowest BCUT2D eigenvalue weighted by Gasteiger charge is -2.25. The van der Waals surface area contributed by atoms with Gasteiger partial charge in [0.25, 0.3) is 0 Å². The predicted molar refractivity (Wildman–Crippen MR) is 86.6 cm³/mol. The smallest absolute Gasteiger partial charge is 0.387 e. The fourth-order valence-electron chi connectivity index (χ4n) is 2.92. The highest BCUT2D eigenvalue weighted by Gasteiger charge is 2.42. The standard InChI is InChI=1S/C17H22F2N2O4/c1-3-12(11-6-4-5-7-13(11)25-15(18)19)20-16(24)21-9-8-17(2,10-21)14(22)23/h4-7,12,15H,3,8-10H2,1-2H3,(H,20,24)(H,22,23). The summed E-state index contributed by atoms with van der Waals surface area (Å²) < 4.78 is 29.7. The molecule has 0 aromatic heterocycles. The minimum absolute atomic E-state index is 0.0152. The molecule has 0 saturated carbocycles. The third kappa shape index (κ3) is 4.37. The molecule has 1 aliphatic rings. The number of alkyl halides is 2. The monoisotopic (exact) mass is 356 g/mol. The molecule has 0 aliphatic carbocycles. The molecule has 1 aliphatic heterocycles. The van der Waals surface area contributed by atoms with Crippen molar-refractivity contribution in [1.29, 1.82) is 0 Å². The van der Waals surface area contributed by atoms with Crippen LogP contribution >= 0.6 is 0 Å². The van der Waals surface area contributed by atoms with Gasteiger partial charge in [0.1, 0.15) is 5.75 Å². The van der Waals surface area contributed by atoms with Crippen molar-refractivity contribution in [3.05, 3.63) is 29.8 Å². The van der Waals surface area contributed by atoms with Gasteiger partial charge in [-0.15, -0.1) is 0 Å². The van der Waals surface area contributed by atoms with Gasteiger partial charge in [-0.3, -0.25) is 4.79 Å². The Morgan fingerprint density at radius 1 is 1.40 bits per heavy atom. The largest absolute Gasteiger partial charge is 0.481 e. The number of hydrogen-bond donors (Lipinski definition) is 2. The van der Waals surface area contributed by atoms with Crippen LogP contribution in [0.15, 0.2) is 24.3 Å². The van der Waals surface area contributed by atoms with Gasteiger partial charge < -0.3 is 20.1 Å². The number of likely N-dealkylation sites (tertiary alicyclic amines) is 1. The molecule has 25 heavy (non-hydrogen) atoms. The zero-order chi connectivity index (χ0) is 18.6. The van der Waals surface area contributed by atoms with Crippen LogP contribution < -0.4 is 10.1 Å². The van der Waals surface area contributed by atoms with E-state index >= 15 is 0 Å². The number of nitrogens with one attached hydrogen (secondary N) is 1. The molecule has 8 heteroatoms. The molecule has 1 saturated heterocycles. The minimum Gasteiger partial charge on any atom is -0.481 e. The number of carboxylic acids is 1. The van der Waals surface area contributed by atoms with Crippen molar-refractivity contribution in [3.63, 3.8) is 0 Å². The van der Waals surface area contributed by atoms with Gasteiger partial charge in [-0.25, -0.2) is 4.79 Å². The number of rotatable bonds is 6. The van der Waals surface area contributed by atoms with Crippen molar-refractivity contribution in [2.75, 3.05) is 13.1 Å². The Hall–Kier alpha value is -2.38. The number of carbonyl (C=O) groups is 2. The van der Waals surface area contributed by atoms with E-state index in [-0.39, 0.29) is 12.3 Å². The Balaban J connectivity index is 2.10. The number of ether oxygens (including phenoxy) is 1. The molecule has 1 aromatic rings. The van der Waals surface area contributed by atoms with Crippen LogP contribution in [0.2, 0.25) is 0 Å². The van der Waals surface area contributed by atoms with Crippen molar-refractivity contribution in [1.82, 2.24) is 10.2 Å². The maximum absolute atomic E-state index is 12.6. The quantitative estimate of drug-likeness (QED) is 0.820. The summed E-state index contributed by atoms with van der Waals surface area (Å²) in [6, 6.07) is 5.38. The summed E-state index contributed by atoms with van der Waals surface area (Å²) in [4.78, 5) is 25.2. The highest BCUT2D eigenvalue weighted by atomic mass is 19.3. The van der Waals surface area contributed by atoms with Gasteiger partial charge in [0.2, 0.25) is 0 Å². The van der Waals surface area contributed by atoms with Gasteiger partial charge in [0.15, 0.2) is 0 Å². The zero-order valence-electron chi connectivity index (χ0n) is 14.2. The van der Waals surface area contributed by atoms with Crippen molar-refractivity contribution < 1.29 is 28.2 Å². The van der Waals surface area contributed by atoms with E-state index in [4.69, 9.17) is 0 Å². The Morgan fingerprint density at radius 3 is 2.64 bits per heavy atom.